The molecule has 2 N–H and O–H groups in total. The van der Waals surface area contributed by atoms with Gasteiger partial charge in [-0.15, -0.1) is 0 Å². The van der Waals surface area contributed by atoms with Gasteiger partial charge in [0.05, 0.1) is 22.7 Å². The van der Waals surface area contributed by atoms with E-state index in [1.165, 1.54) is 0 Å². The molecule has 1 heterocycles. The first-order valence-corrected chi connectivity index (χ1v) is 8.64. The quantitative estimate of drug-likeness (QED) is 0.785. The molecule has 1 aromatic rings. The van der Waals surface area contributed by atoms with Crippen LogP contribution in [0.25, 0.3) is 0 Å². The fourth-order valence-corrected chi connectivity index (χ4v) is 3.69. The van der Waals surface area contributed by atoms with Crippen molar-refractivity contribution in [1.82, 2.24) is 0 Å². The molecule has 1 aliphatic rings. The Bertz CT molecular complexity index is 646. The second-order valence-electron chi connectivity index (χ2n) is 6.60. The van der Waals surface area contributed by atoms with Crippen molar-refractivity contribution in [2.45, 2.75) is 50.4 Å². The van der Waals surface area contributed by atoms with E-state index in [9.17, 15) is 18.5 Å². The molecule has 2 rings (SSSR count). The van der Waals surface area contributed by atoms with Gasteiger partial charge in [0, 0.05) is 0 Å². The molecule has 0 fully saturated rings. The number of sulfone groups is 1. The zero-order chi connectivity index (χ0) is 16.1. The third-order valence-corrected chi connectivity index (χ3v) is 5.65. The van der Waals surface area contributed by atoms with Crippen molar-refractivity contribution in [3.63, 3.8) is 0 Å². The zero-order valence-electron chi connectivity index (χ0n) is 12.8. The molecule has 116 valence electrons. The maximum Gasteiger partial charge on any atom is 0.491 e. The summed E-state index contributed by atoms with van der Waals surface area (Å²) in [5, 5.41) is 20.2. The van der Waals surface area contributed by atoms with Gasteiger partial charge in [0.25, 0.3) is 0 Å². The minimum Gasteiger partial charge on any atom is -0.423 e. The van der Waals surface area contributed by atoms with E-state index in [1.807, 2.05) is 0 Å². The number of aliphatic hydroxyl groups is 1. The SMILES string of the molecule is CC(C)(O)C(C)(C)OB(O)c1ccc2c(c1)CS(=O)(=O)C2. The van der Waals surface area contributed by atoms with Crippen molar-refractivity contribution in [3.8, 4) is 0 Å². The molecule has 1 aliphatic heterocycles. The molecule has 0 aliphatic carbocycles. The second kappa shape index (κ2) is 5.09. The molecule has 1 aromatic carbocycles. The molecule has 0 amide bonds. The summed E-state index contributed by atoms with van der Waals surface area (Å²) in [6.45, 7) is 6.59. The van der Waals surface area contributed by atoms with Crippen LogP contribution < -0.4 is 5.46 Å². The highest BCUT2D eigenvalue weighted by Gasteiger charge is 2.39. The average molecular weight is 312 g/mol. The lowest BCUT2D eigenvalue weighted by Crippen LogP contribution is -2.53. The van der Waals surface area contributed by atoms with Gasteiger partial charge >= 0.3 is 7.12 Å². The van der Waals surface area contributed by atoms with Crippen LogP contribution in [-0.4, -0.2) is 36.9 Å². The Morgan fingerprint density at radius 3 is 2.29 bits per heavy atom. The van der Waals surface area contributed by atoms with E-state index in [0.717, 1.165) is 5.56 Å². The molecule has 0 aromatic heterocycles. The van der Waals surface area contributed by atoms with Crippen LogP contribution in [0.1, 0.15) is 38.8 Å². The molecule has 7 heteroatoms. The van der Waals surface area contributed by atoms with E-state index < -0.39 is 28.2 Å². The first-order valence-electron chi connectivity index (χ1n) is 6.82. The number of benzene rings is 1. The van der Waals surface area contributed by atoms with Gasteiger partial charge in [-0.25, -0.2) is 8.42 Å². The van der Waals surface area contributed by atoms with E-state index in [1.54, 1.807) is 45.9 Å². The van der Waals surface area contributed by atoms with Crippen LogP contribution in [-0.2, 0) is 26.0 Å². The number of hydrogen-bond acceptors (Lipinski definition) is 5. The average Bonchev–Trinajstić information content (AvgIpc) is 2.59. The first kappa shape index (κ1) is 16.5. The maximum absolute atomic E-state index is 11.6. The van der Waals surface area contributed by atoms with Gasteiger partial charge in [0.1, 0.15) is 0 Å². The Morgan fingerprint density at radius 1 is 1.14 bits per heavy atom. The van der Waals surface area contributed by atoms with Crippen molar-refractivity contribution in [2.24, 2.45) is 0 Å². The highest BCUT2D eigenvalue weighted by atomic mass is 32.2. The van der Waals surface area contributed by atoms with Gasteiger partial charge in [-0.2, -0.15) is 0 Å². The normalized spacial score (nSPS) is 17.6. The largest absolute Gasteiger partial charge is 0.491 e. The van der Waals surface area contributed by atoms with E-state index in [4.69, 9.17) is 4.65 Å². The van der Waals surface area contributed by atoms with Gasteiger partial charge < -0.3 is 14.8 Å². The summed E-state index contributed by atoms with van der Waals surface area (Å²) in [5.74, 6) is 0.0481. The molecule has 0 saturated carbocycles. The van der Waals surface area contributed by atoms with Crippen LogP contribution in [0.4, 0.5) is 0 Å². The molecule has 0 atom stereocenters. The summed E-state index contributed by atoms with van der Waals surface area (Å²) in [6, 6.07) is 5.02. The topological polar surface area (TPSA) is 83.8 Å². The smallest absolute Gasteiger partial charge is 0.423 e. The lowest BCUT2D eigenvalue weighted by Gasteiger charge is -2.38. The van der Waals surface area contributed by atoms with Crippen LogP contribution in [0, 0.1) is 0 Å². The number of fused-ring (bicyclic) bond motifs is 1. The van der Waals surface area contributed by atoms with Crippen LogP contribution in [0.15, 0.2) is 18.2 Å². The monoisotopic (exact) mass is 312 g/mol. The van der Waals surface area contributed by atoms with Crippen LogP contribution in [0.3, 0.4) is 0 Å². The minimum atomic E-state index is -3.07. The fourth-order valence-electron chi connectivity index (χ4n) is 2.09. The fraction of sp³-hybridized carbons (Fsp3) is 0.571. The predicted molar refractivity (Wildman–Crippen MR) is 81.8 cm³/mol. The van der Waals surface area contributed by atoms with E-state index >= 15 is 0 Å². The van der Waals surface area contributed by atoms with E-state index in [2.05, 4.69) is 0 Å². The standard InChI is InChI=1S/C14H21BO5S/c1-13(2,16)14(3,4)20-15(17)12-6-5-10-8-21(18,19)9-11(10)7-12/h5-7,16-17H,8-9H2,1-4H3. The molecule has 5 nitrogen and oxygen atoms in total. The Morgan fingerprint density at radius 2 is 1.71 bits per heavy atom. The van der Waals surface area contributed by atoms with Gasteiger partial charge in [0.2, 0.25) is 0 Å². The molecule has 0 radical (unpaired) electrons. The number of hydrogen-bond donors (Lipinski definition) is 2. The summed E-state index contributed by atoms with van der Waals surface area (Å²) in [5.41, 5.74) is -0.127. The molecule has 0 bridgehead atoms. The summed E-state index contributed by atoms with van der Waals surface area (Å²) in [6.07, 6.45) is 0. The molecule has 21 heavy (non-hydrogen) atoms. The zero-order valence-corrected chi connectivity index (χ0v) is 13.6. The third kappa shape index (κ3) is 3.48. The van der Waals surface area contributed by atoms with Crippen molar-refractivity contribution in [3.05, 3.63) is 29.3 Å². The Kier molecular flexibility index (Phi) is 3.99. The lowest BCUT2D eigenvalue weighted by molar-refractivity contribution is -0.0982. The van der Waals surface area contributed by atoms with Crippen LogP contribution in [0.2, 0.25) is 0 Å². The highest BCUT2D eigenvalue weighted by Crippen LogP contribution is 2.26. The molecule has 0 unspecified atom stereocenters. The lowest BCUT2D eigenvalue weighted by atomic mass is 9.75. The van der Waals surface area contributed by atoms with Crippen molar-refractivity contribution < 1.29 is 23.2 Å². The van der Waals surface area contributed by atoms with Crippen molar-refractivity contribution in [2.75, 3.05) is 0 Å². The third-order valence-electron chi connectivity index (χ3n) is 4.15. The molecular formula is C14H21BO5S. The van der Waals surface area contributed by atoms with Gasteiger partial charge in [-0.1, -0.05) is 18.2 Å². The summed E-state index contributed by atoms with van der Waals surface area (Å²) >= 11 is 0. The van der Waals surface area contributed by atoms with Crippen molar-refractivity contribution >= 4 is 22.4 Å². The Labute approximate surface area is 126 Å². The first-order chi connectivity index (χ1) is 9.41. The molecule has 0 spiro atoms. The van der Waals surface area contributed by atoms with E-state index in [-0.39, 0.29) is 11.5 Å². The predicted octanol–water partition coefficient (Wildman–Crippen LogP) is 0.369. The van der Waals surface area contributed by atoms with Gasteiger partial charge in [-0.3, -0.25) is 0 Å². The number of rotatable bonds is 4. The maximum atomic E-state index is 11.6. The van der Waals surface area contributed by atoms with Crippen LogP contribution in [0.5, 0.6) is 0 Å². The van der Waals surface area contributed by atoms with Gasteiger partial charge in [-0.05, 0) is 44.3 Å². The Balaban J connectivity index is 2.21. The second-order valence-corrected chi connectivity index (χ2v) is 8.66. The summed E-state index contributed by atoms with van der Waals surface area (Å²) in [4.78, 5) is 0. The minimum absolute atomic E-state index is 0.00220. The summed E-state index contributed by atoms with van der Waals surface area (Å²) in [7, 11) is -4.29. The highest BCUT2D eigenvalue weighted by molar-refractivity contribution is 7.90. The molecule has 0 saturated heterocycles. The van der Waals surface area contributed by atoms with Crippen LogP contribution >= 0.6 is 0 Å². The van der Waals surface area contributed by atoms with E-state index in [0.29, 0.717) is 11.0 Å². The summed E-state index contributed by atoms with van der Waals surface area (Å²) < 4.78 is 28.8. The Hall–Kier alpha value is -0.885. The van der Waals surface area contributed by atoms with Gasteiger partial charge in [0.15, 0.2) is 9.84 Å². The van der Waals surface area contributed by atoms with Crippen molar-refractivity contribution in [1.29, 1.82) is 0 Å². The molecular weight excluding hydrogens is 291 g/mol.